The van der Waals surface area contributed by atoms with Gasteiger partial charge in [0.1, 0.15) is 6.33 Å². The van der Waals surface area contributed by atoms with Gasteiger partial charge in [0.15, 0.2) is 0 Å². The Morgan fingerprint density at radius 1 is 1.48 bits per heavy atom. The molecule has 1 aromatic heterocycles. The van der Waals surface area contributed by atoms with Gasteiger partial charge in [-0.05, 0) is 25.1 Å². The van der Waals surface area contributed by atoms with Gasteiger partial charge < -0.3 is 11.2 Å². The number of nitrogen functional groups attached to an aromatic ring is 1. The minimum Gasteiger partial charge on any atom is -0.336 e. The first kappa shape index (κ1) is 17.4. The van der Waals surface area contributed by atoms with Crippen LogP contribution in [0.3, 0.4) is 0 Å². The average molecular weight is 366 g/mol. The molecule has 1 heterocycles. The smallest absolute Gasteiger partial charge is 0.336 e. The van der Waals surface area contributed by atoms with Crippen molar-refractivity contribution in [2.75, 3.05) is 11.2 Å². The maximum absolute atomic E-state index is 13.0. The lowest BCUT2D eigenvalue weighted by Crippen LogP contribution is -2.25. The molecule has 23 heavy (non-hydrogen) atoms. The summed E-state index contributed by atoms with van der Waals surface area (Å²) in [5.41, 5.74) is -1.38. The second-order valence-electron chi connectivity index (χ2n) is 4.46. The van der Waals surface area contributed by atoms with Crippen LogP contribution in [0.5, 0.6) is 0 Å². The molecule has 124 valence electrons. The van der Waals surface area contributed by atoms with Crippen molar-refractivity contribution in [3.63, 3.8) is 0 Å². The van der Waals surface area contributed by atoms with Crippen molar-refractivity contribution < 1.29 is 18.0 Å². The molecule has 1 atom stereocenters. The van der Waals surface area contributed by atoms with Crippen LogP contribution in [0.25, 0.3) is 0 Å². The Bertz CT molecular complexity index is 721. The van der Waals surface area contributed by atoms with Crippen LogP contribution < -0.4 is 11.2 Å². The third-order valence-corrected chi connectivity index (χ3v) is 4.04. The Morgan fingerprint density at radius 3 is 2.74 bits per heavy atom. The van der Waals surface area contributed by atoms with Crippen molar-refractivity contribution in [3.8, 4) is 0 Å². The Labute approximate surface area is 138 Å². The molecule has 0 bridgehead atoms. The van der Waals surface area contributed by atoms with Crippen LogP contribution in [-0.4, -0.2) is 26.0 Å². The summed E-state index contributed by atoms with van der Waals surface area (Å²) >= 11 is 6.55. The zero-order chi connectivity index (χ0) is 17.2. The number of amides is 1. The van der Waals surface area contributed by atoms with Gasteiger partial charge in [0, 0.05) is 5.02 Å². The molecule has 1 amide bonds. The van der Waals surface area contributed by atoms with E-state index in [1.807, 2.05) is 0 Å². The minimum absolute atomic E-state index is 0.0750. The monoisotopic (exact) mass is 365 g/mol. The number of halogens is 4. The number of alkyl halides is 3. The van der Waals surface area contributed by atoms with Crippen LogP contribution in [0.2, 0.25) is 5.02 Å². The lowest BCUT2D eigenvalue weighted by atomic mass is 10.1. The van der Waals surface area contributed by atoms with Gasteiger partial charge in [-0.15, -0.1) is 10.2 Å². The van der Waals surface area contributed by atoms with E-state index in [0.29, 0.717) is 0 Å². The molecule has 0 aliphatic rings. The molecule has 2 rings (SSSR count). The van der Waals surface area contributed by atoms with Gasteiger partial charge in [-0.25, -0.2) is 4.68 Å². The molecule has 0 saturated carbocycles. The Hall–Kier alpha value is -1.94. The van der Waals surface area contributed by atoms with Gasteiger partial charge in [-0.2, -0.15) is 13.2 Å². The maximum Gasteiger partial charge on any atom is 0.418 e. The number of nitrogens with two attached hydrogens (primary N) is 1. The van der Waals surface area contributed by atoms with Gasteiger partial charge in [0.2, 0.25) is 11.1 Å². The van der Waals surface area contributed by atoms with E-state index in [9.17, 15) is 18.0 Å². The molecule has 0 saturated heterocycles. The number of benzene rings is 1. The molecular formula is C12H11ClF3N5OS. The maximum atomic E-state index is 13.0. The molecule has 0 spiro atoms. The molecule has 0 radical (unpaired) electrons. The van der Waals surface area contributed by atoms with E-state index in [1.54, 1.807) is 0 Å². The van der Waals surface area contributed by atoms with Gasteiger partial charge in [-0.1, -0.05) is 23.4 Å². The van der Waals surface area contributed by atoms with E-state index in [1.165, 1.54) is 19.3 Å². The number of carbonyl (C=O) groups excluding carboxylic acids is 1. The van der Waals surface area contributed by atoms with Crippen LogP contribution in [0.15, 0.2) is 29.7 Å². The van der Waals surface area contributed by atoms with Crippen LogP contribution in [0.1, 0.15) is 12.5 Å². The number of hydrogen-bond acceptors (Lipinski definition) is 5. The highest BCUT2D eigenvalue weighted by molar-refractivity contribution is 8.00. The third kappa shape index (κ3) is 4.29. The van der Waals surface area contributed by atoms with Crippen molar-refractivity contribution in [3.05, 3.63) is 35.1 Å². The number of anilines is 1. The number of nitrogens with one attached hydrogen (secondary N) is 1. The fourth-order valence-corrected chi connectivity index (χ4v) is 2.54. The first-order chi connectivity index (χ1) is 10.7. The molecular weight excluding hydrogens is 355 g/mol. The number of carbonyl (C=O) groups is 1. The lowest BCUT2D eigenvalue weighted by Gasteiger charge is -2.16. The van der Waals surface area contributed by atoms with E-state index >= 15 is 0 Å². The van der Waals surface area contributed by atoms with Crippen molar-refractivity contribution in [1.82, 2.24) is 14.9 Å². The highest BCUT2D eigenvalue weighted by atomic mass is 35.5. The van der Waals surface area contributed by atoms with Crippen molar-refractivity contribution >= 4 is 35.0 Å². The first-order valence-corrected chi connectivity index (χ1v) is 7.43. The quantitative estimate of drug-likeness (QED) is 0.642. The molecule has 1 aromatic carbocycles. The summed E-state index contributed by atoms with van der Waals surface area (Å²) in [5, 5.41) is 8.92. The highest BCUT2D eigenvalue weighted by Crippen LogP contribution is 2.36. The van der Waals surface area contributed by atoms with Crippen LogP contribution in [0, 0.1) is 0 Å². The van der Waals surface area contributed by atoms with E-state index in [4.69, 9.17) is 17.4 Å². The zero-order valence-corrected chi connectivity index (χ0v) is 13.2. The third-order valence-electron chi connectivity index (χ3n) is 2.74. The van der Waals surface area contributed by atoms with E-state index in [0.717, 1.165) is 28.6 Å². The molecule has 0 fully saturated rings. The molecule has 11 heteroatoms. The number of thioether (sulfide) groups is 1. The summed E-state index contributed by atoms with van der Waals surface area (Å²) in [6.07, 6.45) is -3.39. The zero-order valence-electron chi connectivity index (χ0n) is 11.6. The standard InChI is InChI=1S/C12H11ClF3N5OS/c1-6(23-11-20-18-5-21(11)17)10(22)19-9-3-2-7(13)4-8(9)12(14,15)16/h2-6H,17H2,1H3,(H,19,22)/t6-/m1/s1. The van der Waals surface area contributed by atoms with Crippen molar-refractivity contribution in [2.24, 2.45) is 0 Å². The Morgan fingerprint density at radius 2 is 2.17 bits per heavy atom. The van der Waals surface area contributed by atoms with Crippen LogP contribution >= 0.6 is 23.4 Å². The van der Waals surface area contributed by atoms with Crippen LogP contribution in [0.4, 0.5) is 18.9 Å². The predicted molar refractivity (Wildman–Crippen MR) is 80.6 cm³/mol. The largest absolute Gasteiger partial charge is 0.418 e. The van der Waals surface area contributed by atoms with E-state index in [2.05, 4.69) is 15.5 Å². The topological polar surface area (TPSA) is 85.8 Å². The summed E-state index contributed by atoms with van der Waals surface area (Å²) in [6.45, 7) is 1.51. The van der Waals surface area contributed by atoms with Gasteiger partial charge in [0.05, 0.1) is 16.5 Å². The second-order valence-corrected chi connectivity index (χ2v) is 6.20. The molecule has 0 unspecified atom stereocenters. The summed E-state index contributed by atoms with van der Waals surface area (Å²) in [4.78, 5) is 12.1. The molecule has 0 aliphatic carbocycles. The number of nitrogens with zero attached hydrogens (tertiary/aromatic N) is 3. The van der Waals surface area contributed by atoms with Gasteiger partial charge in [0.25, 0.3) is 0 Å². The second kappa shape index (κ2) is 6.67. The van der Waals surface area contributed by atoms with E-state index in [-0.39, 0.29) is 15.9 Å². The van der Waals surface area contributed by atoms with Crippen molar-refractivity contribution in [2.45, 2.75) is 23.5 Å². The highest BCUT2D eigenvalue weighted by Gasteiger charge is 2.34. The Kier molecular flexibility index (Phi) is 5.05. The minimum atomic E-state index is -4.64. The normalized spacial score (nSPS) is 12.9. The summed E-state index contributed by atoms with van der Waals surface area (Å²) in [5.74, 6) is 4.88. The summed E-state index contributed by atoms with van der Waals surface area (Å²) in [7, 11) is 0. The molecule has 2 aromatic rings. The molecule has 6 nitrogen and oxygen atoms in total. The number of rotatable bonds is 4. The van der Waals surface area contributed by atoms with Crippen LogP contribution in [-0.2, 0) is 11.0 Å². The number of aromatic nitrogens is 3. The van der Waals surface area contributed by atoms with E-state index < -0.39 is 22.9 Å². The number of hydrogen-bond donors (Lipinski definition) is 2. The Balaban J connectivity index is 2.15. The average Bonchev–Trinajstić information content (AvgIpc) is 2.85. The molecule has 3 N–H and O–H groups in total. The fraction of sp³-hybridized carbons (Fsp3) is 0.250. The summed E-state index contributed by atoms with van der Waals surface area (Å²) in [6, 6.07) is 3.12. The fourth-order valence-electron chi connectivity index (χ4n) is 1.62. The SMILES string of the molecule is C[C@@H](Sc1nncn1N)C(=O)Nc1ccc(Cl)cc1C(F)(F)F. The van der Waals surface area contributed by atoms with Crippen molar-refractivity contribution in [1.29, 1.82) is 0 Å². The predicted octanol–water partition coefficient (Wildman–Crippen LogP) is 2.78. The first-order valence-electron chi connectivity index (χ1n) is 6.18. The van der Waals surface area contributed by atoms with Gasteiger partial charge >= 0.3 is 6.18 Å². The molecule has 0 aliphatic heterocycles. The lowest BCUT2D eigenvalue weighted by molar-refractivity contribution is -0.137. The van der Waals surface area contributed by atoms with Gasteiger partial charge in [-0.3, -0.25) is 4.79 Å². The summed E-state index contributed by atoms with van der Waals surface area (Å²) < 4.78 is 40.1.